The quantitative estimate of drug-likeness (QED) is 0.314. The van der Waals surface area contributed by atoms with Gasteiger partial charge in [-0.3, -0.25) is 4.79 Å². The number of anilines is 1. The van der Waals surface area contributed by atoms with Gasteiger partial charge in [-0.15, -0.1) is 0 Å². The predicted octanol–water partition coefficient (Wildman–Crippen LogP) is 6.47. The number of carbonyl (C=O) groups excluding carboxylic acids is 1. The Bertz CT molecular complexity index is 1310. The van der Waals surface area contributed by atoms with Crippen LogP contribution in [0.4, 0.5) is 18.9 Å². The maximum absolute atomic E-state index is 13.2. The molecule has 1 amide bonds. The summed E-state index contributed by atoms with van der Waals surface area (Å²) in [6.45, 7) is 7.54. The van der Waals surface area contributed by atoms with E-state index in [9.17, 15) is 18.0 Å². The van der Waals surface area contributed by atoms with E-state index in [0.717, 1.165) is 67.8 Å². The molecule has 0 spiro atoms. The molecule has 10 heteroatoms. The van der Waals surface area contributed by atoms with Gasteiger partial charge in [0.2, 0.25) is 0 Å². The Labute approximate surface area is 250 Å². The van der Waals surface area contributed by atoms with E-state index in [0.29, 0.717) is 0 Å². The van der Waals surface area contributed by atoms with Gasteiger partial charge in [-0.1, -0.05) is 55.7 Å². The number of carboxylic acid groups (broad SMARTS) is 1. The molecule has 0 aliphatic carbocycles. The highest BCUT2D eigenvalue weighted by Gasteiger charge is 2.38. The maximum atomic E-state index is 13.2. The van der Waals surface area contributed by atoms with Crippen LogP contribution in [0.2, 0.25) is 0 Å². The minimum Gasteiger partial charge on any atom is -0.494 e. The Balaban J connectivity index is 0.000000541. The van der Waals surface area contributed by atoms with Crippen molar-refractivity contribution in [3.63, 3.8) is 0 Å². The molecule has 3 aromatic rings. The van der Waals surface area contributed by atoms with Gasteiger partial charge in [0.25, 0.3) is 5.91 Å². The lowest BCUT2D eigenvalue weighted by Crippen LogP contribution is -2.48. The van der Waals surface area contributed by atoms with Crippen LogP contribution >= 0.6 is 0 Å². The van der Waals surface area contributed by atoms with Gasteiger partial charge in [-0.25, -0.2) is 4.79 Å². The van der Waals surface area contributed by atoms with E-state index in [1.54, 1.807) is 0 Å². The first-order valence-corrected chi connectivity index (χ1v) is 15.0. The van der Waals surface area contributed by atoms with E-state index >= 15 is 0 Å². The number of halogens is 3. The molecule has 5 rings (SSSR count). The van der Waals surface area contributed by atoms with E-state index in [-0.39, 0.29) is 5.91 Å². The molecule has 2 fully saturated rings. The van der Waals surface area contributed by atoms with E-state index in [1.807, 2.05) is 35.2 Å². The molecule has 0 atom stereocenters. The number of fused-ring (bicyclic) bond motifs is 1. The molecule has 2 saturated heterocycles. The van der Waals surface area contributed by atoms with Crippen molar-refractivity contribution in [2.24, 2.45) is 0 Å². The Hall–Kier alpha value is -3.79. The molecule has 0 aromatic heterocycles. The van der Waals surface area contributed by atoms with Gasteiger partial charge < -0.3 is 24.5 Å². The summed E-state index contributed by atoms with van der Waals surface area (Å²) in [4.78, 5) is 29.1. The standard InChI is InChI=1S/C31H39N3O2.C2HF3O2/c35-31(30-13-8-11-26-10-4-5-12-29(26)30)34-23-21-33(22-24-34)27-14-16-28(17-15-27)36-25-9-20-32-18-6-2-1-3-7-19-32;3-2(4,5)1(6)7/h4-5,8,10-17H,1-3,6-7,9,18-25H2;(H,6,7). The number of amides is 1. The molecule has 3 aromatic carbocycles. The van der Waals surface area contributed by atoms with Crippen LogP contribution in [0.5, 0.6) is 5.75 Å². The Morgan fingerprint density at radius 3 is 2.02 bits per heavy atom. The summed E-state index contributed by atoms with van der Waals surface area (Å²) in [5.41, 5.74) is 2.00. The van der Waals surface area contributed by atoms with Crippen molar-refractivity contribution in [1.82, 2.24) is 9.80 Å². The fourth-order valence-corrected chi connectivity index (χ4v) is 5.52. The van der Waals surface area contributed by atoms with Crippen LogP contribution in [0.1, 0.15) is 48.9 Å². The van der Waals surface area contributed by atoms with Crippen LogP contribution in [-0.4, -0.2) is 85.4 Å². The van der Waals surface area contributed by atoms with Crippen LogP contribution in [0, 0.1) is 0 Å². The van der Waals surface area contributed by atoms with Gasteiger partial charge in [0.1, 0.15) is 5.75 Å². The van der Waals surface area contributed by atoms with Gasteiger partial charge in [-0.2, -0.15) is 13.2 Å². The zero-order chi connectivity index (χ0) is 30.7. The number of piperazine rings is 1. The minimum absolute atomic E-state index is 0.130. The first-order chi connectivity index (χ1) is 20.7. The molecule has 1 N–H and O–H groups in total. The highest BCUT2D eigenvalue weighted by atomic mass is 19.4. The molecule has 0 saturated carbocycles. The van der Waals surface area contributed by atoms with Crippen molar-refractivity contribution < 1.29 is 32.6 Å². The van der Waals surface area contributed by atoms with Gasteiger partial charge in [0.05, 0.1) is 6.61 Å². The summed E-state index contributed by atoms with van der Waals surface area (Å²) < 4.78 is 37.8. The first kappa shape index (κ1) is 32.1. The third-order valence-corrected chi connectivity index (χ3v) is 7.87. The molecule has 43 heavy (non-hydrogen) atoms. The Morgan fingerprint density at radius 1 is 0.767 bits per heavy atom. The second-order valence-corrected chi connectivity index (χ2v) is 10.9. The van der Waals surface area contributed by atoms with Crippen molar-refractivity contribution >= 4 is 28.3 Å². The SMILES string of the molecule is O=C(O)C(F)(F)F.O=C(c1cccc2ccccc12)N1CCN(c2ccc(OCCCN3CCCCCCC3)cc2)CC1. The third-order valence-electron chi connectivity index (χ3n) is 7.87. The largest absolute Gasteiger partial charge is 0.494 e. The molecular formula is C33H40F3N3O4. The van der Waals surface area contributed by atoms with Crippen LogP contribution in [0.3, 0.4) is 0 Å². The molecule has 2 heterocycles. The molecule has 0 bridgehead atoms. The molecular weight excluding hydrogens is 559 g/mol. The predicted molar refractivity (Wildman–Crippen MR) is 162 cm³/mol. The second-order valence-electron chi connectivity index (χ2n) is 10.9. The summed E-state index contributed by atoms with van der Waals surface area (Å²) in [6, 6.07) is 22.6. The highest BCUT2D eigenvalue weighted by Crippen LogP contribution is 2.24. The number of aliphatic carboxylic acids is 1. The van der Waals surface area contributed by atoms with E-state index < -0.39 is 12.1 Å². The van der Waals surface area contributed by atoms with E-state index in [1.165, 1.54) is 50.9 Å². The van der Waals surface area contributed by atoms with Gasteiger partial charge >= 0.3 is 12.1 Å². The number of likely N-dealkylation sites (tertiary alicyclic amines) is 1. The van der Waals surface area contributed by atoms with Crippen molar-refractivity contribution in [1.29, 1.82) is 0 Å². The summed E-state index contributed by atoms with van der Waals surface area (Å²) in [5.74, 6) is -1.69. The maximum Gasteiger partial charge on any atom is 0.490 e. The molecule has 0 radical (unpaired) electrons. The van der Waals surface area contributed by atoms with Crippen molar-refractivity contribution in [2.45, 2.75) is 44.7 Å². The summed E-state index contributed by atoms with van der Waals surface area (Å²) in [7, 11) is 0. The van der Waals surface area contributed by atoms with Gasteiger partial charge in [-0.05, 0) is 73.5 Å². The Morgan fingerprint density at radius 2 is 1.37 bits per heavy atom. The molecule has 0 unspecified atom stereocenters. The number of hydrogen-bond acceptors (Lipinski definition) is 5. The molecule has 2 aliphatic rings. The van der Waals surface area contributed by atoms with Crippen molar-refractivity contribution in [3.8, 4) is 5.75 Å². The molecule has 2 aliphatic heterocycles. The van der Waals surface area contributed by atoms with Crippen LogP contribution < -0.4 is 9.64 Å². The van der Waals surface area contributed by atoms with Gasteiger partial charge in [0.15, 0.2) is 0 Å². The second kappa shape index (κ2) is 15.6. The molecule has 232 valence electrons. The molecule has 7 nitrogen and oxygen atoms in total. The van der Waals surface area contributed by atoms with E-state index in [4.69, 9.17) is 14.6 Å². The number of carboxylic acids is 1. The first-order valence-electron chi connectivity index (χ1n) is 15.0. The normalized spacial score (nSPS) is 16.5. The number of rotatable bonds is 7. The Kier molecular flexibility index (Phi) is 11.7. The average Bonchev–Trinajstić information content (AvgIpc) is 3.00. The fourth-order valence-electron chi connectivity index (χ4n) is 5.52. The fraction of sp³-hybridized carbons (Fsp3) is 0.455. The lowest BCUT2D eigenvalue weighted by Gasteiger charge is -2.36. The lowest BCUT2D eigenvalue weighted by molar-refractivity contribution is -0.192. The minimum atomic E-state index is -5.08. The van der Waals surface area contributed by atoms with Gasteiger partial charge in [0, 0.05) is 44.0 Å². The van der Waals surface area contributed by atoms with Crippen LogP contribution in [-0.2, 0) is 4.79 Å². The number of alkyl halides is 3. The summed E-state index contributed by atoms with van der Waals surface area (Å²) in [6.07, 6.45) is 2.85. The smallest absolute Gasteiger partial charge is 0.490 e. The average molecular weight is 600 g/mol. The number of nitrogens with zero attached hydrogens (tertiary/aromatic N) is 3. The number of carbonyl (C=O) groups is 2. The number of benzene rings is 3. The summed E-state index contributed by atoms with van der Waals surface area (Å²) >= 11 is 0. The zero-order valence-electron chi connectivity index (χ0n) is 24.4. The highest BCUT2D eigenvalue weighted by molar-refractivity contribution is 6.07. The van der Waals surface area contributed by atoms with Crippen LogP contribution in [0.15, 0.2) is 66.7 Å². The zero-order valence-corrected chi connectivity index (χ0v) is 24.4. The monoisotopic (exact) mass is 599 g/mol. The number of ether oxygens (including phenoxy) is 1. The summed E-state index contributed by atoms with van der Waals surface area (Å²) in [5, 5.41) is 9.27. The third kappa shape index (κ3) is 9.61. The van der Waals surface area contributed by atoms with Crippen molar-refractivity contribution in [3.05, 3.63) is 72.3 Å². The van der Waals surface area contributed by atoms with Crippen molar-refractivity contribution in [2.75, 3.05) is 57.3 Å². The lowest BCUT2D eigenvalue weighted by atomic mass is 10.0. The van der Waals surface area contributed by atoms with Crippen LogP contribution in [0.25, 0.3) is 10.8 Å². The topological polar surface area (TPSA) is 73.3 Å². The van der Waals surface area contributed by atoms with E-state index in [2.05, 4.69) is 46.2 Å². The number of hydrogen-bond donors (Lipinski definition) is 1.